The molecule has 0 spiro atoms. The van der Waals surface area contributed by atoms with E-state index in [1.807, 2.05) is 0 Å². The molecule has 4 nitrogen and oxygen atoms in total. The van der Waals surface area contributed by atoms with E-state index in [4.69, 9.17) is 28.5 Å². The number of halogens is 3. The van der Waals surface area contributed by atoms with Crippen LogP contribution in [0.4, 0.5) is 10.1 Å². The smallest absolute Gasteiger partial charge is 0.263 e. The Bertz CT molecular complexity index is 848. The monoisotopic (exact) mass is 344 g/mol. The van der Waals surface area contributed by atoms with Crippen molar-refractivity contribution in [1.29, 1.82) is 5.26 Å². The van der Waals surface area contributed by atoms with Crippen molar-refractivity contribution < 1.29 is 12.8 Å². The average molecular weight is 345 g/mol. The molecule has 0 aliphatic heterocycles. The zero-order valence-corrected chi connectivity index (χ0v) is 12.6. The van der Waals surface area contributed by atoms with E-state index in [1.54, 1.807) is 6.07 Å². The average Bonchev–Trinajstić information content (AvgIpc) is 2.44. The highest BCUT2D eigenvalue weighted by molar-refractivity contribution is 7.92. The third-order valence-corrected chi connectivity index (χ3v) is 4.68. The number of hydrogen-bond acceptors (Lipinski definition) is 3. The van der Waals surface area contributed by atoms with Crippen LogP contribution in [0, 0.1) is 17.1 Å². The molecule has 0 saturated heterocycles. The van der Waals surface area contributed by atoms with Crippen LogP contribution in [0.5, 0.6) is 0 Å². The molecule has 0 unspecified atom stereocenters. The molecule has 2 aromatic carbocycles. The summed E-state index contributed by atoms with van der Waals surface area (Å²) in [6.07, 6.45) is 0. The van der Waals surface area contributed by atoms with Gasteiger partial charge in [0.25, 0.3) is 10.0 Å². The van der Waals surface area contributed by atoms with Crippen LogP contribution in [-0.2, 0) is 10.0 Å². The van der Waals surface area contributed by atoms with E-state index in [9.17, 15) is 12.8 Å². The van der Waals surface area contributed by atoms with Crippen LogP contribution in [0.1, 0.15) is 5.56 Å². The fourth-order valence-corrected chi connectivity index (χ4v) is 3.32. The van der Waals surface area contributed by atoms with Crippen molar-refractivity contribution in [3.63, 3.8) is 0 Å². The van der Waals surface area contributed by atoms with Gasteiger partial charge in [-0.05, 0) is 30.3 Å². The van der Waals surface area contributed by atoms with Crippen LogP contribution < -0.4 is 4.72 Å². The molecule has 2 aromatic rings. The summed E-state index contributed by atoms with van der Waals surface area (Å²) in [6.45, 7) is 0. The van der Waals surface area contributed by atoms with Crippen molar-refractivity contribution in [3.05, 3.63) is 57.8 Å². The predicted octanol–water partition coefficient (Wildman–Crippen LogP) is 3.80. The number of sulfonamides is 1. The summed E-state index contributed by atoms with van der Waals surface area (Å²) in [7, 11) is -4.15. The molecule has 0 fully saturated rings. The number of anilines is 1. The van der Waals surface area contributed by atoms with Crippen LogP contribution in [0.2, 0.25) is 10.0 Å². The Kier molecular flexibility index (Phi) is 4.37. The SMILES string of the molecule is N#Cc1ccc(Cl)c(S(=O)(=O)Nc2cccc(Cl)c2F)c1. The zero-order valence-electron chi connectivity index (χ0n) is 10.3. The standard InChI is InChI=1S/C13H7Cl2FN2O2S/c14-9-5-4-8(7-17)6-12(9)21(19,20)18-11-3-1-2-10(15)13(11)16/h1-6,18H. The van der Waals surface area contributed by atoms with Crippen molar-refractivity contribution in [1.82, 2.24) is 0 Å². The van der Waals surface area contributed by atoms with Crippen molar-refractivity contribution in [3.8, 4) is 6.07 Å². The summed E-state index contributed by atoms with van der Waals surface area (Å²) in [5.74, 6) is -0.893. The van der Waals surface area contributed by atoms with Gasteiger partial charge in [0.1, 0.15) is 4.90 Å². The van der Waals surface area contributed by atoms with E-state index < -0.39 is 15.8 Å². The van der Waals surface area contributed by atoms with Gasteiger partial charge in [-0.25, -0.2) is 12.8 Å². The zero-order chi connectivity index (χ0) is 15.6. The largest absolute Gasteiger partial charge is 0.277 e. The molecule has 0 bridgehead atoms. The first kappa shape index (κ1) is 15.6. The van der Waals surface area contributed by atoms with E-state index in [0.29, 0.717) is 0 Å². The number of nitriles is 1. The highest BCUT2D eigenvalue weighted by atomic mass is 35.5. The number of rotatable bonds is 3. The molecule has 0 aliphatic rings. The van der Waals surface area contributed by atoms with Gasteiger partial charge in [-0.15, -0.1) is 0 Å². The fourth-order valence-electron chi connectivity index (χ4n) is 1.56. The minimum Gasteiger partial charge on any atom is -0.277 e. The molecule has 2 rings (SSSR count). The van der Waals surface area contributed by atoms with E-state index in [2.05, 4.69) is 4.72 Å². The quantitative estimate of drug-likeness (QED) is 0.920. The van der Waals surface area contributed by atoms with E-state index >= 15 is 0 Å². The highest BCUT2D eigenvalue weighted by Crippen LogP contribution is 2.28. The van der Waals surface area contributed by atoms with Crippen molar-refractivity contribution in [2.45, 2.75) is 4.90 Å². The maximum absolute atomic E-state index is 13.7. The fraction of sp³-hybridized carbons (Fsp3) is 0. The molecule has 0 amide bonds. The first-order valence-corrected chi connectivity index (χ1v) is 7.75. The molecular weight excluding hydrogens is 338 g/mol. The normalized spacial score (nSPS) is 11.0. The Morgan fingerprint density at radius 3 is 2.52 bits per heavy atom. The van der Waals surface area contributed by atoms with Gasteiger partial charge in [0.2, 0.25) is 0 Å². The first-order chi connectivity index (χ1) is 9.85. The van der Waals surface area contributed by atoms with Gasteiger partial charge >= 0.3 is 0 Å². The molecule has 0 atom stereocenters. The van der Waals surface area contributed by atoms with Crippen molar-refractivity contribution >= 4 is 38.9 Å². The predicted molar refractivity (Wildman–Crippen MR) is 78.4 cm³/mol. The summed E-state index contributed by atoms with van der Waals surface area (Å²) in [5, 5.41) is 8.51. The van der Waals surface area contributed by atoms with Gasteiger partial charge < -0.3 is 0 Å². The third-order valence-electron chi connectivity index (χ3n) is 2.55. The van der Waals surface area contributed by atoms with Gasteiger partial charge in [-0.1, -0.05) is 29.3 Å². The number of benzene rings is 2. The third kappa shape index (κ3) is 3.27. The summed E-state index contributed by atoms with van der Waals surface area (Å²) in [5.41, 5.74) is -0.188. The maximum atomic E-state index is 13.7. The number of hydrogen-bond donors (Lipinski definition) is 1. The summed E-state index contributed by atoms with van der Waals surface area (Å²) >= 11 is 11.4. The Hall–Kier alpha value is -1.81. The van der Waals surface area contributed by atoms with Crippen molar-refractivity contribution in [2.75, 3.05) is 4.72 Å². The lowest BCUT2D eigenvalue weighted by molar-refractivity contribution is 0.598. The van der Waals surface area contributed by atoms with E-state index in [-0.39, 0.29) is 26.2 Å². The number of nitrogens with one attached hydrogen (secondary N) is 1. The summed E-state index contributed by atoms with van der Waals surface area (Å²) < 4.78 is 40.3. The second-order valence-electron chi connectivity index (χ2n) is 3.96. The molecule has 8 heteroatoms. The molecular formula is C13H7Cl2FN2O2S. The molecule has 0 radical (unpaired) electrons. The Labute approximate surface area is 130 Å². The molecule has 0 heterocycles. The highest BCUT2D eigenvalue weighted by Gasteiger charge is 2.21. The second kappa shape index (κ2) is 5.90. The molecule has 1 N–H and O–H groups in total. The van der Waals surface area contributed by atoms with Crippen LogP contribution in [0.15, 0.2) is 41.3 Å². The van der Waals surface area contributed by atoms with Crippen LogP contribution >= 0.6 is 23.2 Å². The lowest BCUT2D eigenvalue weighted by Gasteiger charge is -2.11. The number of nitrogens with zero attached hydrogens (tertiary/aromatic N) is 1. The molecule has 0 aromatic heterocycles. The first-order valence-electron chi connectivity index (χ1n) is 5.51. The van der Waals surface area contributed by atoms with Crippen LogP contribution in [-0.4, -0.2) is 8.42 Å². The lowest BCUT2D eigenvalue weighted by Crippen LogP contribution is -2.14. The van der Waals surface area contributed by atoms with Gasteiger partial charge in [-0.3, -0.25) is 4.72 Å². The minimum absolute atomic E-state index is 0.0797. The van der Waals surface area contributed by atoms with Gasteiger partial charge in [-0.2, -0.15) is 5.26 Å². The molecule has 0 aliphatic carbocycles. The lowest BCUT2D eigenvalue weighted by atomic mass is 10.2. The molecule has 0 saturated carbocycles. The van der Waals surface area contributed by atoms with E-state index in [0.717, 1.165) is 6.07 Å². The Morgan fingerprint density at radius 2 is 1.86 bits per heavy atom. The van der Waals surface area contributed by atoms with Crippen LogP contribution in [0.25, 0.3) is 0 Å². The van der Waals surface area contributed by atoms with Gasteiger partial charge in [0.15, 0.2) is 5.82 Å². The Morgan fingerprint density at radius 1 is 1.14 bits per heavy atom. The maximum Gasteiger partial charge on any atom is 0.263 e. The summed E-state index contributed by atoms with van der Waals surface area (Å²) in [4.78, 5) is -0.317. The summed E-state index contributed by atoms with van der Waals surface area (Å²) in [6, 6.07) is 9.48. The van der Waals surface area contributed by atoms with Gasteiger partial charge in [0, 0.05) is 0 Å². The molecule has 21 heavy (non-hydrogen) atoms. The second-order valence-corrected chi connectivity index (χ2v) is 6.43. The van der Waals surface area contributed by atoms with Crippen molar-refractivity contribution in [2.24, 2.45) is 0 Å². The van der Waals surface area contributed by atoms with E-state index in [1.165, 1.54) is 30.3 Å². The molecule has 108 valence electrons. The Balaban J connectivity index is 2.49. The van der Waals surface area contributed by atoms with Crippen LogP contribution in [0.3, 0.4) is 0 Å². The minimum atomic E-state index is -4.15. The topological polar surface area (TPSA) is 70.0 Å². The van der Waals surface area contributed by atoms with Gasteiger partial charge in [0.05, 0.1) is 27.4 Å².